The molecule has 0 amide bonds. The molecule has 0 unspecified atom stereocenters. The number of halogens is 1. The summed E-state index contributed by atoms with van der Waals surface area (Å²) in [7, 11) is 3.93. The lowest BCUT2D eigenvalue weighted by molar-refractivity contribution is 0.461. The van der Waals surface area contributed by atoms with Crippen molar-refractivity contribution in [3.8, 4) is 0 Å². The maximum atomic E-state index is 12.2. The summed E-state index contributed by atoms with van der Waals surface area (Å²) in [4.78, 5) is 11.3. The lowest BCUT2D eigenvalue weighted by Crippen LogP contribution is -2.24. The maximum Gasteiger partial charge on any atom is 0.224 e. The van der Waals surface area contributed by atoms with Crippen LogP contribution in [0, 0.1) is 5.82 Å². The molecule has 0 atom stereocenters. The van der Waals surface area contributed by atoms with Crippen LogP contribution in [0.1, 0.15) is 32.1 Å². The Bertz CT molecular complexity index is 923. The number of nitrogens with one attached hydrogen (secondary N) is 2. The predicted molar refractivity (Wildman–Crippen MR) is 127 cm³/mol. The zero-order valence-corrected chi connectivity index (χ0v) is 18.2. The molecule has 1 fully saturated rings. The molecule has 0 spiro atoms. The average molecular weight is 423 g/mol. The Balaban J connectivity index is 0.000000287. The van der Waals surface area contributed by atoms with E-state index in [1.807, 2.05) is 38.5 Å². The van der Waals surface area contributed by atoms with Gasteiger partial charge >= 0.3 is 0 Å². The fourth-order valence-corrected chi connectivity index (χ4v) is 3.55. The van der Waals surface area contributed by atoms with E-state index in [9.17, 15) is 4.39 Å². The van der Waals surface area contributed by atoms with E-state index in [2.05, 4.69) is 32.7 Å². The summed E-state index contributed by atoms with van der Waals surface area (Å²) in [5.74, 6) is 1.24. The molecule has 31 heavy (non-hydrogen) atoms. The first kappa shape index (κ1) is 22.3. The summed E-state index contributed by atoms with van der Waals surface area (Å²) in [5, 5.41) is 6.68. The summed E-state index contributed by atoms with van der Waals surface area (Å²) >= 11 is 0. The van der Waals surface area contributed by atoms with Gasteiger partial charge in [-0.15, -0.1) is 0 Å². The molecule has 4 rings (SSSR count). The van der Waals surface area contributed by atoms with Crippen LogP contribution in [0.2, 0.25) is 0 Å². The summed E-state index contributed by atoms with van der Waals surface area (Å²) in [6.45, 7) is 0. The van der Waals surface area contributed by atoms with Crippen molar-refractivity contribution in [1.29, 1.82) is 0 Å². The van der Waals surface area contributed by atoms with Gasteiger partial charge in [0.15, 0.2) is 5.82 Å². The average Bonchev–Trinajstić information content (AvgIpc) is 2.82. The van der Waals surface area contributed by atoms with E-state index in [0.29, 0.717) is 12.0 Å². The van der Waals surface area contributed by atoms with Gasteiger partial charge in [-0.2, -0.15) is 4.98 Å². The zero-order valence-electron chi connectivity index (χ0n) is 18.2. The van der Waals surface area contributed by atoms with E-state index < -0.39 is 0 Å². The number of nitrogens with two attached hydrogens (primary N) is 1. The summed E-state index contributed by atoms with van der Waals surface area (Å²) in [6.07, 6.45) is 8.21. The molecule has 1 heterocycles. The summed E-state index contributed by atoms with van der Waals surface area (Å²) < 4.78 is 12.2. The first-order valence-corrected chi connectivity index (χ1v) is 10.7. The Morgan fingerprint density at radius 3 is 2.29 bits per heavy atom. The van der Waals surface area contributed by atoms with E-state index in [1.54, 1.807) is 12.1 Å². The van der Waals surface area contributed by atoms with Crippen molar-refractivity contribution in [2.75, 3.05) is 35.4 Å². The molecule has 1 saturated carbocycles. The Hall–Kier alpha value is -3.35. The summed E-state index contributed by atoms with van der Waals surface area (Å²) in [5.41, 5.74) is 7.37. The van der Waals surface area contributed by atoms with Crippen LogP contribution in [0.15, 0.2) is 60.8 Å². The van der Waals surface area contributed by atoms with E-state index in [4.69, 9.17) is 10.7 Å². The van der Waals surface area contributed by atoms with Crippen LogP contribution >= 0.6 is 0 Å². The van der Waals surface area contributed by atoms with Crippen LogP contribution in [-0.4, -0.2) is 30.1 Å². The van der Waals surface area contributed by atoms with Gasteiger partial charge in [0.05, 0.1) is 17.6 Å². The predicted octanol–water partition coefficient (Wildman–Crippen LogP) is 5.44. The number of hydrogen-bond donors (Lipinski definition) is 3. The molecule has 0 bridgehead atoms. The maximum absolute atomic E-state index is 12.2. The molecule has 164 valence electrons. The fraction of sp³-hybridized carbons (Fsp3) is 0.333. The van der Waals surface area contributed by atoms with Crippen molar-refractivity contribution in [3.63, 3.8) is 0 Å². The second-order valence-corrected chi connectivity index (χ2v) is 7.58. The van der Waals surface area contributed by atoms with Gasteiger partial charge in [-0.1, -0.05) is 49.6 Å². The van der Waals surface area contributed by atoms with E-state index >= 15 is 0 Å². The first-order valence-electron chi connectivity index (χ1n) is 10.7. The highest BCUT2D eigenvalue weighted by molar-refractivity contribution is 5.72. The number of anilines is 5. The third-order valence-electron chi connectivity index (χ3n) is 5.34. The molecular weight excluding hydrogens is 391 g/mol. The van der Waals surface area contributed by atoms with Gasteiger partial charge < -0.3 is 21.3 Å². The summed E-state index contributed by atoms with van der Waals surface area (Å²) in [6, 6.07) is 16.9. The standard InChI is InChI=1S/C18H25N5.C6H6FN/c1-19-16-13-20-18(21-14-9-5-3-6-10-14)22-17(16)23(2)15-11-7-4-8-12-15;7-5-3-1-2-4-6(5)8/h4,7-8,11-14,19H,3,5-6,9-10H2,1-2H3,(H,20,21,22);1-4H,8H2. The Kier molecular flexibility index (Phi) is 8.04. The highest BCUT2D eigenvalue weighted by atomic mass is 19.1. The topological polar surface area (TPSA) is 79.1 Å². The normalized spacial score (nSPS) is 13.6. The molecule has 0 radical (unpaired) electrons. The van der Waals surface area contributed by atoms with Crippen molar-refractivity contribution < 1.29 is 4.39 Å². The lowest BCUT2D eigenvalue weighted by atomic mass is 9.96. The van der Waals surface area contributed by atoms with Gasteiger partial charge in [0, 0.05) is 25.8 Å². The largest absolute Gasteiger partial charge is 0.396 e. The highest BCUT2D eigenvalue weighted by Crippen LogP contribution is 2.29. The fourth-order valence-electron chi connectivity index (χ4n) is 3.55. The number of aromatic nitrogens is 2. The minimum Gasteiger partial charge on any atom is -0.396 e. The molecule has 0 saturated heterocycles. The first-order chi connectivity index (χ1) is 15.1. The van der Waals surface area contributed by atoms with E-state index in [0.717, 1.165) is 17.2 Å². The quantitative estimate of drug-likeness (QED) is 0.475. The molecule has 7 heteroatoms. The molecule has 1 aliphatic rings. The van der Waals surface area contributed by atoms with Gasteiger partial charge in [-0.25, -0.2) is 9.37 Å². The number of nitrogens with zero attached hydrogens (tertiary/aromatic N) is 3. The SMILES string of the molecule is CNc1cnc(NC2CCCCC2)nc1N(C)c1ccccc1.Nc1ccccc1F. The molecule has 3 aromatic rings. The number of rotatable bonds is 5. The van der Waals surface area contributed by atoms with Gasteiger partial charge in [-0.05, 0) is 37.1 Å². The van der Waals surface area contributed by atoms with E-state index in [-0.39, 0.29) is 11.5 Å². The van der Waals surface area contributed by atoms with Gasteiger partial charge in [0.2, 0.25) is 5.95 Å². The van der Waals surface area contributed by atoms with Crippen LogP contribution < -0.4 is 21.3 Å². The second kappa shape index (κ2) is 11.2. The number of hydrogen-bond acceptors (Lipinski definition) is 6. The zero-order chi connectivity index (χ0) is 22.1. The molecule has 1 aromatic heterocycles. The molecule has 4 N–H and O–H groups in total. The van der Waals surface area contributed by atoms with Crippen LogP contribution in [0.5, 0.6) is 0 Å². The molecule has 6 nitrogen and oxygen atoms in total. The smallest absolute Gasteiger partial charge is 0.224 e. The number of para-hydroxylation sites is 2. The van der Waals surface area contributed by atoms with Crippen LogP contribution in [-0.2, 0) is 0 Å². The van der Waals surface area contributed by atoms with Crippen LogP contribution in [0.4, 0.5) is 33.2 Å². The van der Waals surface area contributed by atoms with Crippen molar-refractivity contribution >= 4 is 28.8 Å². The van der Waals surface area contributed by atoms with Gasteiger partial charge in [-0.3, -0.25) is 0 Å². The number of nitrogen functional groups attached to an aromatic ring is 1. The lowest BCUT2D eigenvalue weighted by Gasteiger charge is -2.25. The third-order valence-corrected chi connectivity index (χ3v) is 5.34. The van der Waals surface area contributed by atoms with Gasteiger partial charge in [0.25, 0.3) is 0 Å². The van der Waals surface area contributed by atoms with Crippen molar-refractivity contribution in [2.24, 2.45) is 0 Å². The molecule has 2 aromatic carbocycles. The van der Waals surface area contributed by atoms with Crippen molar-refractivity contribution in [3.05, 3.63) is 66.6 Å². The van der Waals surface area contributed by atoms with Crippen molar-refractivity contribution in [1.82, 2.24) is 9.97 Å². The van der Waals surface area contributed by atoms with Crippen LogP contribution in [0.25, 0.3) is 0 Å². The Labute approximate surface area is 183 Å². The second-order valence-electron chi connectivity index (χ2n) is 7.58. The minimum atomic E-state index is -0.354. The monoisotopic (exact) mass is 422 g/mol. The third kappa shape index (κ3) is 6.31. The minimum absolute atomic E-state index is 0.201. The number of benzene rings is 2. The molecule has 0 aliphatic heterocycles. The molecular formula is C24H31FN6. The molecule has 1 aliphatic carbocycles. The Morgan fingerprint density at radius 1 is 1.00 bits per heavy atom. The highest BCUT2D eigenvalue weighted by Gasteiger charge is 2.17. The van der Waals surface area contributed by atoms with E-state index in [1.165, 1.54) is 44.2 Å². The van der Waals surface area contributed by atoms with Gasteiger partial charge in [0.1, 0.15) is 5.82 Å². The van der Waals surface area contributed by atoms with Crippen LogP contribution in [0.3, 0.4) is 0 Å². The van der Waals surface area contributed by atoms with Crippen molar-refractivity contribution in [2.45, 2.75) is 38.1 Å². The Morgan fingerprint density at radius 2 is 1.68 bits per heavy atom.